The van der Waals surface area contributed by atoms with E-state index in [4.69, 9.17) is 9.47 Å². The van der Waals surface area contributed by atoms with E-state index in [0.29, 0.717) is 32.7 Å². The molecule has 1 aliphatic heterocycles. The molecule has 2 heterocycles. The Balaban J connectivity index is 1.38. The van der Waals surface area contributed by atoms with Gasteiger partial charge in [-0.05, 0) is 52.2 Å². The molecule has 0 spiro atoms. The first-order valence-corrected chi connectivity index (χ1v) is 15.7. The van der Waals surface area contributed by atoms with Gasteiger partial charge in [0, 0.05) is 15.8 Å². The number of carbonyl (C=O) groups excluding carboxylic acids is 2. The molecular weight excluding hydrogens is 650 g/mol. The molecule has 1 fully saturated rings. The van der Waals surface area contributed by atoms with Gasteiger partial charge in [-0.2, -0.15) is 0 Å². The number of methoxy groups -OCH3 is 2. The van der Waals surface area contributed by atoms with E-state index >= 15 is 0 Å². The van der Waals surface area contributed by atoms with Crippen LogP contribution < -0.4 is 14.4 Å². The fourth-order valence-electron chi connectivity index (χ4n) is 5.05. The molecule has 1 saturated heterocycles. The summed E-state index contributed by atoms with van der Waals surface area (Å²) in [6.07, 6.45) is 0. The molecule has 0 radical (unpaired) electrons. The van der Waals surface area contributed by atoms with Crippen LogP contribution >= 0.6 is 39.0 Å². The Morgan fingerprint density at radius 3 is 2.47 bits per heavy atom. The maximum absolute atomic E-state index is 13.6. The van der Waals surface area contributed by atoms with E-state index in [-0.39, 0.29) is 16.5 Å². The molecule has 11 heteroatoms. The molecule has 1 aliphatic rings. The van der Waals surface area contributed by atoms with E-state index in [1.807, 2.05) is 30.3 Å². The Morgan fingerprint density at radius 1 is 0.953 bits per heavy atom. The number of fused-ring (bicyclic) bond motifs is 1. The Labute approximate surface area is 264 Å². The lowest BCUT2D eigenvalue weighted by atomic mass is 9.95. The molecule has 43 heavy (non-hydrogen) atoms. The Kier molecular flexibility index (Phi) is 8.20. The van der Waals surface area contributed by atoms with Crippen molar-refractivity contribution in [3.63, 3.8) is 0 Å². The van der Waals surface area contributed by atoms with Crippen LogP contribution in [0.15, 0.2) is 99.3 Å². The summed E-state index contributed by atoms with van der Waals surface area (Å²) in [6, 6.07) is 25.5. The van der Waals surface area contributed by atoms with Crippen molar-refractivity contribution in [2.75, 3.05) is 19.1 Å². The number of Topliss-reactive ketones (excluding diaryl/α,β-unsaturated/α-hetero) is 1. The minimum atomic E-state index is -0.926. The normalized spacial score (nSPS) is 16.2. The second-order valence-corrected chi connectivity index (χ2v) is 12.7. The standard InChI is InChI=1S/C32H24BrN3O5S2/c1-40-24-15-12-20(16-25(24)41-2)28(37)26-27(19-10-13-22(33)14-11-19)36(30(39)29(26)38)31-34-35-32(43-31)42-17-21-8-5-7-18-6-3-4-9-23(18)21/h3-16,27,37H,17H2,1-2H3/t27-/m1/s1. The van der Waals surface area contributed by atoms with Crippen LogP contribution in [0.2, 0.25) is 0 Å². The fourth-order valence-corrected chi connectivity index (χ4v) is 7.18. The summed E-state index contributed by atoms with van der Waals surface area (Å²) < 4.78 is 12.2. The SMILES string of the molecule is COc1ccc(C(O)=C2C(=O)C(=O)N(c3nnc(SCc4cccc5ccccc45)s3)[C@@H]2c2ccc(Br)cc2)cc1OC. The second-order valence-electron chi connectivity index (χ2n) is 9.57. The number of ether oxygens (including phenoxy) is 2. The lowest BCUT2D eigenvalue weighted by molar-refractivity contribution is -0.132. The largest absolute Gasteiger partial charge is 0.507 e. The number of ketones is 1. The minimum absolute atomic E-state index is 0.0558. The number of amides is 1. The molecule has 6 rings (SSSR count). The number of anilines is 1. The van der Waals surface area contributed by atoms with Gasteiger partial charge in [-0.3, -0.25) is 14.5 Å². The van der Waals surface area contributed by atoms with E-state index in [9.17, 15) is 14.7 Å². The Bertz CT molecular complexity index is 1880. The average Bonchev–Trinajstić information content (AvgIpc) is 3.61. The summed E-state index contributed by atoms with van der Waals surface area (Å²) in [5, 5.41) is 22.7. The lowest BCUT2D eigenvalue weighted by Crippen LogP contribution is -2.29. The molecule has 1 amide bonds. The number of halogens is 1. The van der Waals surface area contributed by atoms with Gasteiger partial charge in [0.25, 0.3) is 5.78 Å². The van der Waals surface area contributed by atoms with E-state index in [2.05, 4.69) is 50.4 Å². The first kappa shape index (κ1) is 28.9. The van der Waals surface area contributed by atoms with E-state index in [1.165, 1.54) is 47.6 Å². The highest BCUT2D eigenvalue weighted by Gasteiger charge is 2.48. The third-order valence-electron chi connectivity index (χ3n) is 7.12. The monoisotopic (exact) mass is 673 g/mol. The van der Waals surface area contributed by atoms with Crippen LogP contribution in [0.1, 0.15) is 22.7 Å². The van der Waals surface area contributed by atoms with Crippen molar-refractivity contribution in [1.82, 2.24) is 10.2 Å². The number of hydrogen-bond acceptors (Lipinski definition) is 9. The zero-order valence-electron chi connectivity index (χ0n) is 23.0. The molecule has 216 valence electrons. The fraction of sp³-hybridized carbons (Fsp3) is 0.125. The van der Waals surface area contributed by atoms with Crippen LogP contribution in [-0.2, 0) is 15.3 Å². The first-order chi connectivity index (χ1) is 20.9. The number of benzene rings is 4. The smallest absolute Gasteiger partial charge is 0.301 e. The van der Waals surface area contributed by atoms with E-state index in [1.54, 1.807) is 30.3 Å². The first-order valence-electron chi connectivity index (χ1n) is 13.1. The molecule has 1 aromatic heterocycles. The van der Waals surface area contributed by atoms with Gasteiger partial charge in [0.1, 0.15) is 5.76 Å². The van der Waals surface area contributed by atoms with Gasteiger partial charge in [-0.15, -0.1) is 10.2 Å². The number of thioether (sulfide) groups is 1. The molecule has 1 N–H and O–H groups in total. The summed E-state index contributed by atoms with van der Waals surface area (Å²) in [7, 11) is 2.99. The molecule has 0 saturated carbocycles. The summed E-state index contributed by atoms with van der Waals surface area (Å²) in [4.78, 5) is 28.4. The van der Waals surface area contributed by atoms with Crippen LogP contribution in [0.3, 0.4) is 0 Å². The highest BCUT2D eigenvalue weighted by molar-refractivity contribution is 9.10. The Hall–Kier alpha value is -4.19. The van der Waals surface area contributed by atoms with E-state index in [0.717, 1.165) is 15.4 Å². The van der Waals surface area contributed by atoms with Gasteiger partial charge < -0.3 is 14.6 Å². The molecule has 1 atom stereocenters. The summed E-state index contributed by atoms with van der Waals surface area (Å²) in [5.74, 6) is -0.448. The van der Waals surface area contributed by atoms with Crippen molar-refractivity contribution in [1.29, 1.82) is 0 Å². The summed E-state index contributed by atoms with van der Waals surface area (Å²) in [6.45, 7) is 0. The molecule has 0 unspecified atom stereocenters. The highest BCUT2D eigenvalue weighted by atomic mass is 79.9. The lowest BCUT2D eigenvalue weighted by Gasteiger charge is -2.22. The second kappa shape index (κ2) is 12.2. The molecule has 8 nitrogen and oxygen atoms in total. The molecular formula is C32H24BrN3O5S2. The topological polar surface area (TPSA) is 102 Å². The van der Waals surface area contributed by atoms with Crippen LogP contribution in [0.4, 0.5) is 5.13 Å². The maximum Gasteiger partial charge on any atom is 0.301 e. The third kappa shape index (κ3) is 5.51. The van der Waals surface area contributed by atoms with E-state index < -0.39 is 17.7 Å². The molecule has 0 aliphatic carbocycles. The Morgan fingerprint density at radius 2 is 1.70 bits per heavy atom. The van der Waals surface area contributed by atoms with Crippen LogP contribution in [0, 0.1) is 0 Å². The number of aromatic nitrogens is 2. The van der Waals surface area contributed by atoms with Crippen molar-refractivity contribution in [2.45, 2.75) is 16.1 Å². The van der Waals surface area contributed by atoms with Crippen molar-refractivity contribution in [2.24, 2.45) is 0 Å². The minimum Gasteiger partial charge on any atom is -0.507 e. The van der Waals surface area contributed by atoms with Crippen molar-refractivity contribution >= 4 is 72.4 Å². The number of nitrogens with zero attached hydrogens (tertiary/aromatic N) is 3. The molecule has 5 aromatic rings. The predicted octanol–water partition coefficient (Wildman–Crippen LogP) is 7.39. The van der Waals surface area contributed by atoms with Crippen LogP contribution in [-0.4, -0.2) is 41.2 Å². The zero-order chi connectivity index (χ0) is 30.1. The highest BCUT2D eigenvalue weighted by Crippen LogP contribution is 2.45. The number of rotatable bonds is 8. The summed E-state index contributed by atoms with van der Waals surface area (Å²) >= 11 is 6.18. The van der Waals surface area contributed by atoms with Crippen LogP contribution in [0.25, 0.3) is 16.5 Å². The molecule has 0 bridgehead atoms. The third-order valence-corrected chi connectivity index (χ3v) is 9.75. The zero-order valence-corrected chi connectivity index (χ0v) is 26.2. The number of carbonyl (C=O) groups is 2. The van der Waals surface area contributed by atoms with Gasteiger partial charge in [0.15, 0.2) is 15.8 Å². The van der Waals surface area contributed by atoms with Gasteiger partial charge in [0.05, 0.1) is 25.8 Å². The average molecular weight is 675 g/mol. The van der Waals surface area contributed by atoms with Gasteiger partial charge in [0.2, 0.25) is 5.13 Å². The van der Waals surface area contributed by atoms with Crippen LogP contribution in [0.5, 0.6) is 11.5 Å². The van der Waals surface area contributed by atoms with Crippen molar-refractivity contribution in [3.05, 3.63) is 112 Å². The number of hydrogen-bond donors (Lipinski definition) is 1. The van der Waals surface area contributed by atoms with Gasteiger partial charge >= 0.3 is 5.91 Å². The number of aliphatic hydroxyl groups excluding tert-OH is 1. The number of aliphatic hydroxyl groups is 1. The quantitative estimate of drug-likeness (QED) is 0.0598. The van der Waals surface area contributed by atoms with Crippen molar-refractivity contribution in [3.8, 4) is 11.5 Å². The maximum atomic E-state index is 13.6. The van der Waals surface area contributed by atoms with Gasteiger partial charge in [-0.1, -0.05) is 93.6 Å². The predicted molar refractivity (Wildman–Crippen MR) is 172 cm³/mol. The van der Waals surface area contributed by atoms with Crippen molar-refractivity contribution < 1.29 is 24.2 Å². The van der Waals surface area contributed by atoms with Gasteiger partial charge in [-0.25, -0.2) is 0 Å². The molecule has 4 aromatic carbocycles. The summed E-state index contributed by atoms with van der Waals surface area (Å²) in [5.41, 5.74) is 2.04.